The normalized spacial score (nSPS) is 16.9. The molecule has 1 aromatic heterocycles. The lowest BCUT2D eigenvalue weighted by atomic mass is 9.91. The Bertz CT molecular complexity index is 1530. The molecule has 45 heavy (non-hydrogen) atoms. The number of aromatic nitrogens is 1. The van der Waals surface area contributed by atoms with E-state index in [1.54, 1.807) is 18.2 Å². The van der Waals surface area contributed by atoms with E-state index in [-0.39, 0.29) is 30.8 Å². The van der Waals surface area contributed by atoms with Crippen LogP contribution in [0, 0.1) is 0 Å². The second-order valence-corrected chi connectivity index (χ2v) is 11.6. The lowest BCUT2D eigenvalue weighted by molar-refractivity contribution is -0.139. The fourth-order valence-electron chi connectivity index (χ4n) is 6.17. The molecule has 3 aromatic rings. The van der Waals surface area contributed by atoms with Crippen LogP contribution in [0.2, 0.25) is 0 Å². The number of nitrogens with zero attached hydrogens (tertiary/aromatic N) is 1. The zero-order chi connectivity index (χ0) is 32.7. The zero-order valence-corrected chi connectivity index (χ0v) is 24.9. The summed E-state index contributed by atoms with van der Waals surface area (Å²) >= 11 is 0. The Kier molecular flexibility index (Phi) is 11.0. The maximum Gasteiger partial charge on any atom is 0.416 e. The van der Waals surface area contributed by atoms with Crippen LogP contribution in [0.5, 0.6) is 5.75 Å². The van der Waals surface area contributed by atoms with E-state index in [2.05, 4.69) is 9.98 Å². The summed E-state index contributed by atoms with van der Waals surface area (Å²) < 4.78 is 47.1. The van der Waals surface area contributed by atoms with Crippen LogP contribution in [-0.2, 0) is 28.8 Å². The number of ether oxygens (including phenoxy) is 1. The molecule has 2 aromatic carbocycles. The molecule has 0 saturated heterocycles. The molecule has 0 amide bonds. The standard InChI is InChI=1S/C26H26F3NO3.C6H14N4O2/c27-26(28,29)22-11-15(5-8-19(22)16-3-1-2-4-16)14-33-18-7-10-23-21(13-18)20-9-6-17(12-24(31)32)25(20)30-23;7-4(5(11)12)2-1-3-10-6(8)9/h5,7-8,10-11,13,16-17,30H,1-4,6,9,12,14H2,(H,31,32);4H,1-3,7H2,(H,11,12)(H4,8,9,10)/t17-;4-/m11/s1. The molecule has 1 fully saturated rings. The molecule has 1 saturated carbocycles. The lowest BCUT2D eigenvalue weighted by Crippen LogP contribution is -2.30. The Hall–Kier alpha value is -4.26. The summed E-state index contributed by atoms with van der Waals surface area (Å²) in [5, 5.41) is 18.5. The van der Waals surface area contributed by atoms with Crippen molar-refractivity contribution in [3.63, 3.8) is 0 Å². The SMILES string of the molecule is NC(N)=NCCC[C@@H](N)C(=O)O.O=C(O)C[C@H]1CCc2c1[nH]c1ccc(OCc3ccc(C4CCCC4)c(C(F)(F)F)c3)cc21. The third-order valence-corrected chi connectivity index (χ3v) is 8.39. The molecule has 1 heterocycles. The summed E-state index contributed by atoms with van der Waals surface area (Å²) in [6.45, 7) is 0.469. The van der Waals surface area contributed by atoms with Gasteiger partial charge in [0.2, 0.25) is 0 Å². The number of aliphatic imine (C=N–C) groups is 1. The van der Waals surface area contributed by atoms with E-state index in [1.807, 2.05) is 12.1 Å². The summed E-state index contributed by atoms with van der Waals surface area (Å²) in [7, 11) is 0. The van der Waals surface area contributed by atoms with Crippen LogP contribution in [0.3, 0.4) is 0 Å². The number of nitrogens with one attached hydrogen (secondary N) is 1. The Morgan fingerprint density at radius 2 is 1.80 bits per heavy atom. The van der Waals surface area contributed by atoms with E-state index in [1.165, 1.54) is 6.07 Å². The fourth-order valence-corrected chi connectivity index (χ4v) is 6.17. The third kappa shape index (κ3) is 8.90. The van der Waals surface area contributed by atoms with Gasteiger partial charge in [0, 0.05) is 29.1 Å². The number of guanidine groups is 1. The molecule has 0 unspecified atom stereocenters. The van der Waals surface area contributed by atoms with Gasteiger partial charge in [-0.25, -0.2) is 0 Å². The highest BCUT2D eigenvalue weighted by Crippen LogP contribution is 2.43. The first kappa shape index (κ1) is 33.6. The molecule has 244 valence electrons. The fraction of sp³-hybridized carbons (Fsp3) is 0.469. The molecule has 0 aliphatic heterocycles. The number of nitrogens with two attached hydrogens (primary N) is 3. The van der Waals surface area contributed by atoms with Gasteiger partial charge in [-0.2, -0.15) is 13.2 Å². The summed E-state index contributed by atoms with van der Waals surface area (Å²) in [4.78, 5) is 28.4. The van der Waals surface area contributed by atoms with Crippen molar-refractivity contribution in [2.75, 3.05) is 6.54 Å². The number of hydrogen-bond acceptors (Lipinski definition) is 5. The van der Waals surface area contributed by atoms with Crippen LogP contribution in [-0.4, -0.2) is 45.7 Å². The molecule has 2 aliphatic carbocycles. The van der Waals surface area contributed by atoms with E-state index in [4.69, 9.17) is 32.2 Å². The van der Waals surface area contributed by atoms with Gasteiger partial charge < -0.3 is 37.1 Å². The smallest absolute Gasteiger partial charge is 0.416 e. The van der Waals surface area contributed by atoms with Gasteiger partial charge in [0.05, 0.1) is 12.0 Å². The number of fused-ring (bicyclic) bond motifs is 3. The highest BCUT2D eigenvalue weighted by atomic mass is 19.4. The Morgan fingerprint density at radius 3 is 2.44 bits per heavy atom. The molecule has 13 heteroatoms. The van der Waals surface area contributed by atoms with Crippen LogP contribution < -0.4 is 21.9 Å². The molecule has 2 atom stereocenters. The van der Waals surface area contributed by atoms with Crippen molar-refractivity contribution in [3.05, 3.63) is 64.3 Å². The van der Waals surface area contributed by atoms with E-state index in [0.29, 0.717) is 36.3 Å². The average Bonchev–Trinajstić information content (AvgIpc) is 3.72. The van der Waals surface area contributed by atoms with Gasteiger partial charge in [0.25, 0.3) is 0 Å². The molecule has 0 radical (unpaired) electrons. The highest BCUT2D eigenvalue weighted by Gasteiger charge is 2.36. The minimum Gasteiger partial charge on any atom is -0.489 e. The number of aliphatic carboxylic acids is 2. The van der Waals surface area contributed by atoms with Gasteiger partial charge in [-0.15, -0.1) is 0 Å². The number of H-pyrrole nitrogens is 1. The predicted octanol–water partition coefficient (Wildman–Crippen LogP) is 5.38. The first-order valence-corrected chi connectivity index (χ1v) is 15.1. The number of carboxylic acids is 2. The van der Waals surface area contributed by atoms with Crippen molar-refractivity contribution in [1.82, 2.24) is 4.98 Å². The Balaban J connectivity index is 0.000000328. The first-order valence-electron chi connectivity index (χ1n) is 15.1. The van der Waals surface area contributed by atoms with Gasteiger partial charge in [0.15, 0.2) is 5.96 Å². The number of aryl methyl sites for hydroxylation is 1. The van der Waals surface area contributed by atoms with Gasteiger partial charge in [0.1, 0.15) is 18.4 Å². The number of hydrogen-bond donors (Lipinski definition) is 6. The lowest BCUT2D eigenvalue weighted by Gasteiger charge is -2.19. The summed E-state index contributed by atoms with van der Waals surface area (Å²) in [6, 6.07) is 9.35. The number of aromatic amines is 1. The molecular weight excluding hydrogens is 591 g/mol. The van der Waals surface area contributed by atoms with Crippen molar-refractivity contribution < 1.29 is 37.7 Å². The second-order valence-electron chi connectivity index (χ2n) is 11.6. The quantitative estimate of drug-likeness (QED) is 0.0923. The molecule has 9 N–H and O–H groups in total. The van der Waals surface area contributed by atoms with Crippen LogP contribution in [0.4, 0.5) is 13.2 Å². The average molecular weight is 632 g/mol. The number of alkyl halides is 3. The van der Waals surface area contributed by atoms with Crippen LogP contribution in [0.25, 0.3) is 10.9 Å². The Morgan fingerprint density at radius 1 is 1.07 bits per heavy atom. The maximum atomic E-state index is 13.7. The largest absolute Gasteiger partial charge is 0.489 e. The van der Waals surface area contributed by atoms with E-state index in [9.17, 15) is 22.8 Å². The van der Waals surface area contributed by atoms with Crippen molar-refractivity contribution in [1.29, 1.82) is 0 Å². The van der Waals surface area contributed by atoms with Gasteiger partial charge in [-0.3, -0.25) is 14.6 Å². The highest BCUT2D eigenvalue weighted by molar-refractivity contribution is 5.87. The minimum atomic E-state index is -4.38. The molecule has 10 nitrogen and oxygen atoms in total. The summed E-state index contributed by atoms with van der Waals surface area (Å²) in [6.07, 6.45) is 1.85. The van der Waals surface area contributed by atoms with Gasteiger partial charge in [-0.1, -0.05) is 25.0 Å². The number of carbonyl (C=O) groups is 2. The molecule has 2 aliphatic rings. The summed E-state index contributed by atoms with van der Waals surface area (Å²) in [5.41, 5.74) is 18.7. The predicted molar refractivity (Wildman–Crippen MR) is 164 cm³/mol. The van der Waals surface area contributed by atoms with Crippen LogP contribution in [0.15, 0.2) is 41.4 Å². The Labute approximate surface area is 258 Å². The van der Waals surface area contributed by atoms with Crippen LogP contribution >= 0.6 is 0 Å². The monoisotopic (exact) mass is 631 g/mol. The molecule has 0 spiro atoms. The van der Waals surface area contributed by atoms with Crippen molar-refractivity contribution in [3.8, 4) is 5.75 Å². The second kappa shape index (κ2) is 14.7. The molecular formula is C32H40F3N5O5. The topological polar surface area (TPSA) is 190 Å². The molecule has 0 bridgehead atoms. The molecule has 5 rings (SSSR count). The number of carboxylic acid groups (broad SMARTS) is 2. The van der Waals surface area contributed by atoms with E-state index in [0.717, 1.165) is 60.7 Å². The minimum absolute atomic E-state index is 0.0129. The van der Waals surface area contributed by atoms with Gasteiger partial charge in [-0.05, 0) is 85.4 Å². The third-order valence-electron chi connectivity index (χ3n) is 8.39. The van der Waals surface area contributed by atoms with Crippen molar-refractivity contribution in [2.24, 2.45) is 22.2 Å². The van der Waals surface area contributed by atoms with Gasteiger partial charge >= 0.3 is 18.1 Å². The zero-order valence-electron chi connectivity index (χ0n) is 24.9. The van der Waals surface area contributed by atoms with E-state index >= 15 is 0 Å². The number of halogens is 3. The number of benzene rings is 2. The van der Waals surface area contributed by atoms with E-state index < -0.39 is 29.7 Å². The number of rotatable bonds is 11. The summed E-state index contributed by atoms with van der Waals surface area (Å²) in [5.74, 6) is -1.25. The maximum absolute atomic E-state index is 13.7. The van der Waals surface area contributed by atoms with Crippen molar-refractivity contribution >= 4 is 28.8 Å². The first-order chi connectivity index (χ1) is 21.3. The van der Waals surface area contributed by atoms with Crippen molar-refractivity contribution in [2.45, 2.75) is 88.4 Å². The van der Waals surface area contributed by atoms with Crippen LogP contribution in [0.1, 0.15) is 91.2 Å².